The standard InChI is InChI=1S/C15H26N2OS/c16-14(19)10-11-17(13-8-9-13)15(18)12-6-4-2-1-3-5-7-12/h12-13H,1-11H2,(H2,16,19). The van der Waals surface area contributed by atoms with Gasteiger partial charge in [-0.05, 0) is 25.7 Å². The van der Waals surface area contributed by atoms with E-state index in [0.29, 0.717) is 23.4 Å². The Balaban J connectivity index is 1.90. The molecule has 3 nitrogen and oxygen atoms in total. The molecule has 4 heteroatoms. The van der Waals surface area contributed by atoms with Crippen LogP contribution in [0.5, 0.6) is 0 Å². The first-order valence-corrected chi connectivity index (χ1v) is 8.18. The van der Waals surface area contributed by atoms with Crippen molar-refractivity contribution in [3.63, 3.8) is 0 Å². The number of hydrogen-bond acceptors (Lipinski definition) is 2. The first kappa shape index (κ1) is 14.8. The first-order chi connectivity index (χ1) is 9.18. The fourth-order valence-electron chi connectivity index (χ4n) is 3.03. The van der Waals surface area contributed by atoms with Crippen LogP contribution in [0.15, 0.2) is 0 Å². The van der Waals surface area contributed by atoms with Crippen molar-refractivity contribution in [1.82, 2.24) is 4.90 Å². The van der Waals surface area contributed by atoms with Crippen LogP contribution >= 0.6 is 12.2 Å². The summed E-state index contributed by atoms with van der Waals surface area (Å²) in [6, 6.07) is 0.479. The molecule has 19 heavy (non-hydrogen) atoms. The van der Waals surface area contributed by atoms with Crippen LogP contribution in [0, 0.1) is 5.92 Å². The lowest BCUT2D eigenvalue weighted by atomic mass is 9.90. The number of carbonyl (C=O) groups is 1. The Morgan fingerprint density at radius 2 is 1.63 bits per heavy atom. The molecule has 0 aliphatic heterocycles. The van der Waals surface area contributed by atoms with E-state index in [1.165, 1.54) is 32.1 Å². The molecule has 2 aliphatic carbocycles. The molecular formula is C15H26N2OS. The van der Waals surface area contributed by atoms with Gasteiger partial charge in [0.25, 0.3) is 0 Å². The Bertz CT molecular complexity index is 320. The van der Waals surface area contributed by atoms with E-state index in [1.807, 2.05) is 0 Å². The summed E-state index contributed by atoms with van der Waals surface area (Å²) in [7, 11) is 0. The fraction of sp³-hybridized carbons (Fsp3) is 0.867. The fourth-order valence-corrected chi connectivity index (χ4v) is 3.12. The van der Waals surface area contributed by atoms with Crippen LogP contribution in [0.2, 0.25) is 0 Å². The molecule has 108 valence electrons. The van der Waals surface area contributed by atoms with Crippen LogP contribution in [0.25, 0.3) is 0 Å². The van der Waals surface area contributed by atoms with Crippen LogP contribution in [0.3, 0.4) is 0 Å². The maximum atomic E-state index is 12.7. The number of rotatable bonds is 5. The van der Waals surface area contributed by atoms with Gasteiger partial charge in [0, 0.05) is 24.9 Å². The molecule has 2 N–H and O–H groups in total. The molecule has 0 aromatic rings. The van der Waals surface area contributed by atoms with Crippen LogP contribution in [0.4, 0.5) is 0 Å². The number of nitrogens with two attached hydrogens (primary N) is 1. The molecule has 0 saturated heterocycles. The summed E-state index contributed by atoms with van der Waals surface area (Å²) < 4.78 is 0. The van der Waals surface area contributed by atoms with Crippen molar-refractivity contribution in [3.8, 4) is 0 Å². The van der Waals surface area contributed by atoms with Gasteiger partial charge in [-0.25, -0.2) is 0 Å². The molecule has 0 heterocycles. The van der Waals surface area contributed by atoms with Crippen LogP contribution in [-0.2, 0) is 4.79 Å². The van der Waals surface area contributed by atoms with Gasteiger partial charge in [-0.2, -0.15) is 0 Å². The van der Waals surface area contributed by atoms with Crippen LogP contribution in [0.1, 0.15) is 64.2 Å². The molecule has 0 aromatic heterocycles. The van der Waals surface area contributed by atoms with E-state index in [9.17, 15) is 4.79 Å². The SMILES string of the molecule is NC(=S)CCN(C(=O)C1CCCCCCC1)C1CC1. The van der Waals surface area contributed by atoms with Crippen molar-refractivity contribution < 1.29 is 4.79 Å². The highest BCUT2D eigenvalue weighted by molar-refractivity contribution is 7.80. The zero-order valence-electron chi connectivity index (χ0n) is 11.8. The summed E-state index contributed by atoms with van der Waals surface area (Å²) >= 11 is 4.94. The van der Waals surface area contributed by atoms with Gasteiger partial charge < -0.3 is 10.6 Å². The summed E-state index contributed by atoms with van der Waals surface area (Å²) in [6.45, 7) is 0.731. The molecule has 0 bridgehead atoms. The van der Waals surface area contributed by atoms with Crippen molar-refractivity contribution in [1.29, 1.82) is 0 Å². The molecule has 0 spiro atoms. The van der Waals surface area contributed by atoms with Crippen LogP contribution in [-0.4, -0.2) is 28.4 Å². The lowest BCUT2D eigenvalue weighted by molar-refractivity contribution is -0.136. The third-order valence-electron chi connectivity index (χ3n) is 4.32. The minimum absolute atomic E-state index is 0.257. The van der Waals surface area contributed by atoms with E-state index in [2.05, 4.69) is 4.90 Å². The Labute approximate surface area is 121 Å². The summed E-state index contributed by atoms with van der Waals surface area (Å²) in [6.07, 6.45) is 11.5. The van der Waals surface area contributed by atoms with Gasteiger partial charge in [0.2, 0.25) is 5.91 Å². The molecule has 2 aliphatic rings. The second kappa shape index (κ2) is 7.22. The average Bonchev–Trinajstić information content (AvgIpc) is 3.12. The van der Waals surface area contributed by atoms with Gasteiger partial charge in [0.1, 0.15) is 0 Å². The number of hydrogen-bond donors (Lipinski definition) is 1. The highest BCUT2D eigenvalue weighted by atomic mass is 32.1. The van der Waals surface area contributed by atoms with Gasteiger partial charge in [-0.15, -0.1) is 0 Å². The van der Waals surface area contributed by atoms with Crippen molar-refractivity contribution in [2.24, 2.45) is 11.7 Å². The molecular weight excluding hydrogens is 256 g/mol. The van der Waals surface area contributed by atoms with Gasteiger partial charge >= 0.3 is 0 Å². The third kappa shape index (κ3) is 4.75. The Kier molecular flexibility index (Phi) is 5.61. The molecule has 0 radical (unpaired) electrons. The minimum Gasteiger partial charge on any atom is -0.393 e. The molecule has 2 rings (SSSR count). The molecule has 1 amide bonds. The minimum atomic E-state index is 0.257. The smallest absolute Gasteiger partial charge is 0.225 e. The van der Waals surface area contributed by atoms with E-state index in [-0.39, 0.29) is 5.92 Å². The lowest BCUT2D eigenvalue weighted by Gasteiger charge is -2.28. The number of carbonyl (C=O) groups excluding carboxylic acids is 1. The monoisotopic (exact) mass is 282 g/mol. The predicted molar refractivity (Wildman–Crippen MR) is 81.9 cm³/mol. The Morgan fingerprint density at radius 3 is 2.16 bits per heavy atom. The molecule has 0 atom stereocenters. The largest absolute Gasteiger partial charge is 0.393 e. The third-order valence-corrected chi connectivity index (χ3v) is 4.53. The summed E-state index contributed by atoms with van der Waals surface area (Å²) in [5, 5.41) is 0. The Hall–Kier alpha value is -0.640. The van der Waals surface area contributed by atoms with E-state index in [4.69, 9.17) is 18.0 Å². The van der Waals surface area contributed by atoms with E-state index in [1.54, 1.807) is 0 Å². The van der Waals surface area contributed by atoms with Gasteiger partial charge in [-0.1, -0.05) is 44.3 Å². The maximum Gasteiger partial charge on any atom is 0.225 e. The average molecular weight is 282 g/mol. The highest BCUT2D eigenvalue weighted by Crippen LogP contribution is 2.31. The molecule has 2 saturated carbocycles. The predicted octanol–water partition coefficient (Wildman–Crippen LogP) is 3.01. The zero-order valence-corrected chi connectivity index (χ0v) is 12.6. The number of thiocarbonyl (C=S) groups is 1. The second-order valence-corrected chi connectivity index (χ2v) is 6.55. The number of amides is 1. The van der Waals surface area contributed by atoms with Crippen molar-refractivity contribution in [2.75, 3.05) is 6.54 Å². The van der Waals surface area contributed by atoms with E-state index < -0.39 is 0 Å². The molecule has 0 unspecified atom stereocenters. The summed E-state index contributed by atoms with van der Waals surface area (Å²) in [5.74, 6) is 0.632. The summed E-state index contributed by atoms with van der Waals surface area (Å²) in [5.41, 5.74) is 5.58. The van der Waals surface area contributed by atoms with Crippen molar-refractivity contribution in [2.45, 2.75) is 70.3 Å². The normalized spacial score (nSPS) is 21.5. The van der Waals surface area contributed by atoms with Gasteiger partial charge in [-0.3, -0.25) is 4.79 Å². The number of nitrogens with zero attached hydrogens (tertiary/aromatic N) is 1. The molecule has 0 aromatic carbocycles. The van der Waals surface area contributed by atoms with Crippen molar-refractivity contribution in [3.05, 3.63) is 0 Å². The lowest BCUT2D eigenvalue weighted by Crippen LogP contribution is -2.39. The van der Waals surface area contributed by atoms with E-state index in [0.717, 1.165) is 32.2 Å². The quantitative estimate of drug-likeness (QED) is 0.788. The zero-order chi connectivity index (χ0) is 13.7. The summed E-state index contributed by atoms with van der Waals surface area (Å²) in [4.78, 5) is 15.3. The van der Waals surface area contributed by atoms with E-state index >= 15 is 0 Å². The van der Waals surface area contributed by atoms with Gasteiger partial charge in [0.15, 0.2) is 0 Å². The topological polar surface area (TPSA) is 46.3 Å². The second-order valence-electron chi connectivity index (χ2n) is 6.02. The molecule has 2 fully saturated rings. The van der Waals surface area contributed by atoms with Crippen LogP contribution < -0.4 is 5.73 Å². The highest BCUT2D eigenvalue weighted by Gasteiger charge is 2.35. The van der Waals surface area contributed by atoms with Gasteiger partial charge in [0.05, 0.1) is 4.99 Å². The maximum absolute atomic E-state index is 12.7. The Morgan fingerprint density at radius 1 is 1.05 bits per heavy atom. The van der Waals surface area contributed by atoms with Crippen molar-refractivity contribution >= 4 is 23.1 Å². The first-order valence-electron chi connectivity index (χ1n) is 7.77.